The quantitative estimate of drug-likeness (QED) is 0.822. The fourth-order valence-electron chi connectivity index (χ4n) is 3.09. The Bertz CT molecular complexity index is 481. The third-order valence-electron chi connectivity index (χ3n) is 4.45. The summed E-state index contributed by atoms with van der Waals surface area (Å²) in [7, 11) is 0. The highest BCUT2D eigenvalue weighted by Crippen LogP contribution is 2.27. The number of rotatable bonds is 5. The SMILES string of the molecule is CCC1CCC(NC(=O)C(C(N)=S)c2ccccc2)CC1. The monoisotopic (exact) mass is 304 g/mol. The summed E-state index contributed by atoms with van der Waals surface area (Å²) in [4.78, 5) is 12.8. The van der Waals surface area contributed by atoms with Gasteiger partial charge in [0.25, 0.3) is 0 Å². The van der Waals surface area contributed by atoms with Gasteiger partial charge in [-0.3, -0.25) is 4.79 Å². The van der Waals surface area contributed by atoms with Gasteiger partial charge in [0, 0.05) is 6.04 Å². The minimum atomic E-state index is -0.523. The molecule has 1 aromatic rings. The maximum Gasteiger partial charge on any atom is 0.234 e. The van der Waals surface area contributed by atoms with Gasteiger partial charge in [0.2, 0.25) is 5.91 Å². The maximum absolute atomic E-state index is 12.5. The van der Waals surface area contributed by atoms with Crippen LogP contribution in [0.2, 0.25) is 0 Å². The zero-order valence-electron chi connectivity index (χ0n) is 12.5. The molecular weight excluding hydrogens is 280 g/mol. The van der Waals surface area contributed by atoms with Gasteiger partial charge in [0.15, 0.2) is 0 Å². The Morgan fingerprint density at radius 1 is 1.29 bits per heavy atom. The van der Waals surface area contributed by atoms with E-state index in [0.717, 1.165) is 24.3 Å². The number of nitrogens with one attached hydrogen (secondary N) is 1. The van der Waals surface area contributed by atoms with Crippen LogP contribution in [0.15, 0.2) is 30.3 Å². The van der Waals surface area contributed by atoms with E-state index in [1.807, 2.05) is 30.3 Å². The van der Waals surface area contributed by atoms with Crippen molar-refractivity contribution in [1.82, 2.24) is 5.32 Å². The molecule has 1 unspecified atom stereocenters. The van der Waals surface area contributed by atoms with Crippen LogP contribution in [0.3, 0.4) is 0 Å². The molecule has 0 aliphatic heterocycles. The van der Waals surface area contributed by atoms with Crippen LogP contribution in [0.4, 0.5) is 0 Å². The average Bonchev–Trinajstić information content (AvgIpc) is 2.49. The molecule has 3 nitrogen and oxygen atoms in total. The highest BCUT2D eigenvalue weighted by atomic mass is 32.1. The van der Waals surface area contributed by atoms with Crippen molar-refractivity contribution in [2.75, 3.05) is 0 Å². The summed E-state index contributed by atoms with van der Waals surface area (Å²) in [5, 5.41) is 3.14. The van der Waals surface area contributed by atoms with Crippen molar-refractivity contribution in [3.63, 3.8) is 0 Å². The molecule has 1 saturated carbocycles. The first-order valence-corrected chi connectivity index (χ1v) is 8.17. The summed E-state index contributed by atoms with van der Waals surface area (Å²) >= 11 is 5.10. The third-order valence-corrected chi connectivity index (χ3v) is 4.69. The van der Waals surface area contributed by atoms with Crippen LogP contribution < -0.4 is 11.1 Å². The zero-order chi connectivity index (χ0) is 15.2. The van der Waals surface area contributed by atoms with E-state index >= 15 is 0 Å². The minimum Gasteiger partial charge on any atom is -0.392 e. The summed E-state index contributed by atoms with van der Waals surface area (Å²) < 4.78 is 0. The lowest BCUT2D eigenvalue weighted by Gasteiger charge is -2.29. The van der Waals surface area contributed by atoms with Crippen molar-refractivity contribution < 1.29 is 4.79 Å². The van der Waals surface area contributed by atoms with Gasteiger partial charge in [-0.15, -0.1) is 0 Å². The fourth-order valence-corrected chi connectivity index (χ4v) is 3.33. The van der Waals surface area contributed by atoms with Gasteiger partial charge in [-0.05, 0) is 37.2 Å². The Labute approximate surface area is 132 Å². The Balaban J connectivity index is 1.99. The van der Waals surface area contributed by atoms with Crippen LogP contribution in [0, 0.1) is 5.92 Å². The summed E-state index contributed by atoms with van der Waals surface area (Å²) in [5.74, 6) is 0.234. The fraction of sp³-hybridized carbons (Fsp3) is 0.529. The molecule has 0 bridgehead atoms. The van der Waals surface area contributed by atoms with Crippen LogP contribution in [0.25, 0.3) is 0 Å². The maximum atomic E-state index is 12.5. The Kier molecular flexibility index (Phi) is 5.74. The van der Waals surface area contributed by atoms with Gasteiger partial charge in [-0.1, -0.05) is 55.9 Å². The van der Waals surface area contributed by atoms with Crippen molar-refractivity contribution in [3.05, 3.63) is 35.9 Å². The number of benzene rings is 1. The normalized spacial score (nSPS) is 23.3. The van der Waals surface area contributed by atoms with Crippen LogP contribution in [0.5, 0.6) is 0 Å². The van der Waals surface area contributed by atoms with Gasteiger partial charge in [-0.2, -0.15) is 0 Å². The molecule has 1 atom stereocenters. The average molecular weight is 304 g/mol. The number of carbonyl (C=O) groups excluding carboxylic acids is 1. The van der Waals surface area contributed by atoms with Crippen LogP contribution in [-0.2, 0) is 4.79 Å². The smallest absolute Gasteiger partial charge is 0.234 e. The molecular formula is C17H24N2OS. The molecule has 1 aromatic carbocycles. The van der Waals surface area contributed by atoms with Gasteiger partial charge < -0.3 is 11.1 Å². The molecule has 0 saturated heterocycles. The number of hydrogen-bond acceptors (Lipinski definition) is 2. The molecule has 114 valence electrons. The Morgan fingerprint density at radius 2 is 1.90 bits per heavy atom. The van der Waals surface area contributed by atoms with Gasteiger partial charge in [-0.25, -0.2) is 0 Å². The highest BCUT2D eigenvalue weighted by Gasteiger charge is 2.27. The van der Waals surface area contributed by atoms with Crippen LogP contribution >= 0.6 is 12.2 Å². The second-order valence-electron chi connectivity index (χ2n) is 5.88. The van der Waals surface area contributed by atoms with Crippen LogP contribution in [-0.4, -0.2) is 16.9 Å². The van der Waals surface area contributed by atoms with Crippen molar-refractivity contribution in [2.24, 2.45) is 11.7 Å². The van der Waals surface area contributed by atoms with Crippen molar-refractivity contribution in [1.29, 1.82) is 0 Å². The first-order valence-electron chi connectivity index (χ1n) is 7.76. The molecule has 3 N–H and O–H groups in total. The van der Waals surface area contributed by atoms with Crippen molar-refractivity contribution in [3.8, 4) is 0 Å². The number of thiocarbonyl (C=S) groups is 1. The summed E-state index contributed by atoms with van der Waals surface area (Å²) in [6.07, 6.45) is 5.75. The van der Waals surface area contributed by atoms with Crippen LogP contribution in [0.1, 0.15) is 50.5 Å². The van der Waals surface area contributed by atoms with E-state index in [0.29, 0.717) is 0 Å². The number of amides is 1. The van der Waals surface area contributed by atoms with E-state index in [1.165, 1.54) is 19.3 Å². The molecule has 4 heteroatoms. The van der Waals surface area contributed by atoms with Crippen molar-refractivity contribution in [2.45, 2.75) is 51.0 Å². The first-order chi connectivity index (χ1) is 10.1. The molecule has 21 heavy (non-hydrogen) atoms. The van der Waals surface area contributed by atoms with Gasteiger partial charge in [0.05, 0.1) is 4.99 Å². The molecule has 0 radical (unpaired) electrons. The first kappa shape index (κ1) is 16.0. The summed E-state index contributed by atoms with van der Waals surface area (Å²) in [5.41, 5.74) is 6.65. The number of nitrogens with two attached hydrogens (primary N) is 1. The molecule has 2 rings (SSSR count). The molecule has 0 heterocycles. The largest absolute Gasteiger partial charge is 0.392 e. The predicted molar refractivity (Wildman–Crippen MR) is 90.1 cm³/mol. The molecule has 0 spiro atoms. The molecule has 1 amide bonds. The van der Waals surface area contributed by atoms with E-state index in [-0.39, 0.29) is 16.9 Å². The lowest BCUT2D eigenvalue weighted by molar-refractivity contribution is -0.122. The van der Waals surface area contributed by atoms with Crippen molar-refractivity contribution >= 4 is 23.1 Å². The minimum absolute atomic E-state index is 0.0614. The second kappa shape index (κ2) is 7.55. The lowest BCUT2D eigenvalue weighted by atomic mass is 9.84. The van der Waals surface area contributed by atoms with Gasteiger partial charge >= 0.3 is 0 Å². The second-order valence-corrected chi connectivity index (χ2v) is 6.35. The summed E-state index contributed by atoms with van der Waals surface area (Å²) in [6, 6.07) is 9.79. The van der Waals surface area contributed by atoms with E-state index < -0.39 is 5.92 Å². The standard InChI is InChI=1S/C17H24N2OS/c1-2-12-8-10-14(11-9-12)19-17(20)15(16(18)21)13-6-4-3-5-7-13/h3-7,12,14-15H,2,8-11H2,1H3,(H2,18,21)(H,19,20). The summed E-state index contributed by atoms with van der Waals surface area (Å²) in [6.45, 7) is 2.24. The Hall–Kier alpha value is -1.42. The van der Waals surface area contributed by atoms with E-state index in [1.54, 1.807) is 0 Å². The number of carbonyl (C=O) groups is 1. The molecule has 1 aliphatic carbocycles. The Morgan fingerprint density at radius 3 is 2.43 bits per heavy atom. The number of hydrogen-bond donors (Lipinski definition) is 2. The van der Waals surface area contributed by atoms with E-state index in [9.17, 15) is 4.79 Å². The molecule has 1 fully saturated rings. The third kappa shape index (κ3) is 4.27. The lowest BCUT2D eigenvalue weighted by Crippen LogP contribution is -2.43. The predicted octanol–water partition coefficient (Wildman–Crippen LogP) is 3.14. The molecule has 0 aromatic heterocycles. The van der Waals surface area contributed by atoms with Gasteiger partial charge in [0.1, 0.15) is 5.92 Å². The molecule has 1 aliphatic rings. The van der Waals surface area contributed by atoms with E-state index in [2.05, 4.69) is 12.2 Å². The highest BCUT2D eigenvalue weighted by molar-refractivity contribution is 7.80. The van der Waals surface area contributed by atoms with E-state index in [4.69, 9.17) is 18.0 Å². The zero-order valence-corrected chi connectivity index (χ0v) is 13.4. The topological polar surface area (TPSA) is 55.1 Å².